The molecule has 1 aromatic heterocycles. The van der Waals surface area contributed by atoms with Crippen LogP contribution in [0.4, 0.5) is 5.13 Å². The van der Waals surface area contributed by atoms with E-state index in [1.165, 1.54) is 36.2 Å². The van der Waals surface area contributed by atoms with Crippen LogP contribution in [0.1, 0.15) is 35.2 Å². The number of hydrogen-bond donors (Lipinski definition) is 1. The molecular weight excluding hydrogens is 384 g/mol. The van der Waals surface area contributed by atoms with Gasteiger partial charge in [-0.25, -0.2) is 0 Å². The van der Waals surface area contributed by atoms with E-state index >= 15 is 0 Å². The number of amides is 1. The van der Waals surface area contributed by atoms with Gasteiger partial charge in [0.2, 0.25) is 5.13 Å². The van der Waals surface area contributed by atoms with Crippen molar-refractivity contribution in [2.24, 2.45) is 0 Å². The van der Waals surface area contributed by atoms with Gasteiger partial charge < -0.3 is 4.74 Å². The molecule has 1 fully saturated rings. The number of likely N-dealkylation sites (tertiary alicyclic amines) is 1. The Bertz CT molecular complexity index is 948. The fourth-order valence-corrected chi connectivity index (χ4v) is 4.17. The van der Waals surface area contributed by atoms with Gasteiger partial charge in [-0.15, -0.1) is 10.2 Å². The summed E-state index contributed by atoms with van der Waals surface area (Å²) in [6, 6.07) is 15.4. The molecule has 0 aliphatic carbocycles. The van der Waals surface area contributed by atoms with Crippen LogP contribution in [0.3, 0.4) is 0 Å². The Labute approximate surface area is 174 Å². The van der Waals surface area contributed by atoms with E-state index in [0.717, 1.165) is 36.0 Å². The average Bonchev–Trinajstić information content (AvgIpc) is 3.23. The maximum absolute atomic E-state index is 12.5. The minimum Gasteiger partial charge on any atom is -0.497 e. The molecular formula is C22H24N4O2S. The molecule has 0 radical (unpaired) electrons. The smallest absolute Gasteiger partial charge is 0.257 e. The normalized spacial score (nSPS) is 14.5. The third-order valence-electron chi connectivity index (χ3n) is 5.05. The number of ether oxygens (including phenoxy) is 1. The molecule has 0 atom stereocenters. The minimum atomic E-state index is -0.174. The van der Waals surface area contributed by atoms with Crippen molar-refractivity contribution in [3.63, 3.8) is 0 Å². The summed E-state index contributed by atoms with van der Waals surface area (Å²) in [6.45, 7) is 3.27. The van der Waals surface area contributed by atoms with Crippen molar-refractivity contribution >= 4 is 22.4 Å². The number of carbonyl (C=O) groups is 1. The number of anilines is 1. The summed E-state index contributed by atoms with van der Waals surface area (Å²) in [5, 5.41) is 12.3. The van der Waals surface area contributed by atoms with Crippen molar-refractivity contribution < 1.29 is 9.53 Å². The van der Waals surface area contributed by atoms with Crippen molar-refractivity contribution in [3.05, 3.63) is 59.7 Å². The highest BCUT2D eigenvalue weighted by atomic mass is 32.1. The zero-order valence-corrected chi connectivity index (χ0v) is 17.2. The SMILES string of the molecule is COc1ccc(-c2nnc(NC(=O)c3ccc(CN4CCCCC4)cc3)s2)cc1. The highest BCUT2D eigenvalue weighted by molar-refractivity contribution is 7.18. The summed E-state index contributed by atoms with van der Waals surface area (Å²) in [5.41, 5.74) is 2.79. The summed E-state index contributed by atoms with van der Waals surface area (Å²) in [7, 11) is 1.63. The van der Waals surface area contributed by atoms with Crippen molar-refractivity contribution in [3.8, 4) is 16.3 Å². The monoisotopic (exact) mass is 408 g/mol. The maximum Gasteiger partial charge on any atom is 0.257 e. The average molecular weight is 409 g/mol. The van der Waals surface area contributed by atoms with Crippen LogP contribution < -0.4 is 10.1 Å². The van der Waals surface area contributed by atoms with Crippen molar-refractivity contribution in [1.29, 1.82) is 0 Å². The summed E-state index contributed by atoms with van der Waals surface area (Å²) in [5.74, 6) is 0.613. The summed E-state index contributed by atoms with van der Waals surface area (Å²) < 4.78 is 5.17. The predicted octanol–water partition coefficient (Wildman–Crippen LogP) is 4.45. The Hall–Kier alpha value is -2.77. The van der Waals surface area contributed by atoms with Gasteiger partial charge in [-0.3, -0.25) is 15.0 Å². The Morgan fingerprint density at radius 3 is 2.45 bits per heavy atom. The molecule has 1 N–H and O–H groups in total. The maximum atomic E-state index is 12.5. The largest absolute Gasteiger partial charge is 0.497 e. The van der Waals surface area contributed by atoms with E-state index in [1.54, 1.807) is 7.11 Å². The summed E-state index contributed by atoms with van der Waals surface area (Å²) in [4.78, 5) is 15.0. The molecule has 0 unspecified atom stereocenters. The van der Waals surface area contributed by atoms with E-state index in [4.69, 9.17) is 4.74 Å². The lowest BCUT2D eigenvalue weighted by molar-refractivity contribution is 0.102. The van der Waals surface area contributed by atoms with Gasteiger partial charge in [-0.2, -0.15) is 0 Å². The van der Waals surface area contributed by atoms with Crippen LogP contribution >= 0.6 is 11.3 Å². The molecule has 0 bridgehead atoms. The number of benzene rings is 2. The van der Waals surface area contributed by atoms with E-state index in [1.807, 2.05) is 48.5 Å². The van der Waals surface area contributed by atoms with Crippen molar-refractivity contribution in [2.75, 3.05) is 25.5 Å². The van der Waals surface area contributed by atoms with Gasteiger partial charge in [0.15, 0.2) is 0 Å². The highest BCUT2D eigenvalue weighted by Crippen LogP contribution is 2.28. The number of piperidine rings is 1. The van der Waals surface area contributed by atoms with E-state index in [2.05, 4.69) is 20.4 Å². The lowest BCUT2D eigenvalue weighted by Crippen LogP contribution is -2.29. The Morgan fingerprint density at radius 1 is 1.03 bits per heavy atom. The third kappa shape index (κ3) is 4.99. The van der Waals surface area contributed by atoms with Crippen LogP contribution in [0.15, 0.2) is 48.5 Å². The third-order valence-corrected chi connectivity index (χ3v) is 5.94. The van der Waals surface area contributed by atoms with Crippen LogP contribution in [-0.2, 0) is 6.54 Å². The van der Waals surface area contributed by atoms with Gasteiger partial charge in [0.05, 0.1) is 7.11 Å². The van der Waals surface area contributed by atoms with Gasteiger partial charge in [0.1, 0.15) is 10.8 Å². The van der Waals surface area contributed by atoms with E-state index in [9.17, 15) is 4.79 Å². The molecule has 2 aromatic carbocycles. The van der Waals surface area contributed by atoms with Crippen molar-refractivity contribution in [1.82, 2.24) is 15.1 Å². The number of nitrogens with one attached hydrogen (secondary N) is 1. The first-order valence-corrected chi connectivity index (χ1v) is 10.6. The Morgan fingerprint density at radius 2 is 1.76 bits per heavy atom. The molecule has 1 amide bonds. The van der Waals surface area contributed by atoms with Gasteiger partial charge in [0, 0.05) is 17.7 Å². The number of hydrogen-bond acceptors (Lipinski definition) is 6. The number of aromatic nitrogens is 2. The molecule has 1 saturated heterocycles. The van der Waals surface area contributed by atoms with E-state index in [0.29, 0.717) is 10.7 Å². The van der Waals surface area contributed by atoms with Gasteiger partial charge in [-0.05, 0) is 67.9 Å². The second-order valence-corrected chi connectivity index (χ2v) is 8.11. The van der Waals surface area contributed by atoms with E-state index in [-0.39, 0.29) is 5.91 Å². The standard InChI is InChI=1S/C22H24N4O2S/c1-28-19-11-9-18(10-12-19)21-24-25-22(29-21)23-20(27)17-7-5-16(6-8-17)15-26-13-3-2-4-14-26/h5-12H,2-4,13-15H2,1H3,(H,23,25,27). The lowest BCUT2D eigenvalue weighted by atomic mass is 10.1. The minimum absolute atomic E-state index is 0.174. The van der Waals surface area contributed by atoms with Crippen molar-refractivity contribution in [2.45, 2.75) is 25.8 Å². The Balaban J connectivity index is 1.37. The summed E-state index contributed by atoms with van der Waals surface area (Å²) >= 11 is 1.35. The Kier molecular flexibility index (Phi) is 6.17. The first-order chi connectivity index (χ1) is 14.2. The molecule has 150 valence electrons. The van der Waals surface area contributed by atoms with Gasteiger partial charge in [0.25, 0.3) is 5.91 Å². The topological polar surface area (TPSA) is 67.4 Å². The van der Waals surface area contributed by atoms with Gasteiger partial charge in [-0.1, -0.05) is 29.9 Å². The molecule has 4 rings (SSSR count). The molecule has 2 heterocycles. The second-order valence-electron chi connectivity index (χ2n) is 7.13. The zero-order valence-electron chi connectivity index (χ0n) is 16.4. The van der Waals surface area contributed by atoms with Crippen LogP contribution in [0.5, 0.6) is 5.75 Å². The molecule has 1 aliphatic rings. The van der Waals surface area contributed by atoms with Crippen LogP contribution in [0.25, 0.3) is 10.6 Å². The fourth-order valence-electron chi connectivity index (χ4n) is 3.43. The quantitative estimate of drug-likeness (QED) is 0.653. The van der Waals surface area contributed by atoms with Crippen LogP contribution in [0, 0.1) is 0 Å². The molecule has 0 saturated carbocycles. The highest BCUT2D eigenvalue weighted by Gasteiger charge is 2.13. The number of methoxy groups -OCH3 is 1. The molecule has 0 spiro atoms. The summed E-state index contributed by atoms with van der Waals surface area (Å²) in [6.07, 6.45) is 3.89. The second kappa shape index (κ2) is 9.15. The van der Waals surface area contributed by atoms with Gasteiger partial charge >= 0.3 is 0 Å². The first-order valence-electron chi connectivity index (χ1n) is 9.82. The molecule has 7 heteroatoms. The molecule has 29 heavy (non-hydrogen) atoms. The van der Waals surface area contributed by atoms with E-state index < -0.39 is 0 Å². The predicted molar refractivity (Wildman–Crippen MR) is 115 cm³/mol. The molecule has 1 aliphatic heterocycles. The number of rotatable bonds is 6. The van der Waals surface area contributed by atoms with Crippen LogP contribution in [-0.4, -0.2) is 41.2 Å². The zero-order chi connectivity index (χ0) is 20.1. The molecule has 6 nitrogen and oxygen atoms in total. The molecule has 3 aromatic rings. The number of nitrogens with zero attached hydrogens (tertiary/aromatic N) is 3. The first kappa shape index (κ1) is 19.5. The number of carbonyl (C=O) groups excluding carboxylic acids is 1. The van der Waals surface area contributed by atoms with Crippen LogP contribution in [0.2, 0.25) is 0 Å². The lowest BCUT2D eigenvalue weighted by Gasteiger charge is -2.26. The fraction of sp³-hybridized carbons (Fsp3) is 0.318.